The summed E-state index contributed by atoms with van der Waals surface area (Å²) in [6.07, 6.45) is 0. The zero-order valence-corrected chi connectivity index (χ0v) is 15.2. The first-order chi connectivity index (χ1) is 10.8. The first-order valence-electron chi connectivity index (χ1n) is 8.03. The van der Waals surface area contributed by atoms with E-state index in [1.165, 1.54) is 8.85 Å². The molecule has 0 spiro atoms. The molecular weight excluding hydrogens is 283 g/mol. The standard InChI is InChI=1S/C7H17N2.2C6H5.Al/c1-4-9(5-2)7-6-8-3;2*1-2-4-6-5-3-1;/h4-7H2,1-3H3;2*1-5H;/q-1;;;+1. The molecule has 0 aromatic heterocycles. The third-order valence-corrected chi connectivity index (χ3v) is 4.90. The molecule has 0 fully saturated rings. The fraction of sp³-hybridized carbons (Fsp3) is 0.368. The van der Waals surface area contributed by atoms with Gasteiger partial charge < -0.3 is 10.2 Å². The Hall–Kier alpha value is -1.11. The summed E-state index contributed by atoms with van der Waals surface area (Å²) >= 11 is 0.271. The fourth-order valence-electron chi connectivity index (χ4n) is 2.07. The number of likely N-dealkylation sites (N-methyl/N-ethyl adjacent to an activating group) is 2. The van der Waals surface area contributed by atoms with E-state index in [0.29, 0.717) is 0 Å². The molecule has 0 atom stereocenters. The Morgan fingerprint density at radius 3 is 1.64 bits per heavy atom. The van der Waals surface area contributed by atoms with Crippen LogP contribution in [0.3, 0.4) is 0 Å². The van der Waals surface area contributed by atoms with Crippen molar-refractivity contribution in [2.45, 2.75) is 13.8 Å². The Morgan fingerprint density at radius 2 is 1.27 bits per heavy atom. The summed E-state index contributed by atoms with van der Waals surface area (Å²) in [6, 6.07) is 21.3. The van der Waals surface area contributed by atoms with Crippen LogP contribution in [0, 0.1) is 0 Å². The van der Waals surface area contributed by atoms with Gasteiger partial charge in [0.2, 0.25) is 0 Å². The van der Waals surface area contributed by atoms with Gasteiger partial charge in [-0.25, -0.2) is 0 Å². The Bertz CT molecular complexity index is 432. The van der Waals surface area contributed by atoms with Gasteiger partial charge in [-0.15, -0.1) is 6.54 Å². The molecular formula is C19H27AlN2. The molecule has 2 aromatic rings. The van der Waals surface area contributed by atoms with Gasteiger partial charge >= 0.3 is 84.7 Å². The molecule has 0 saturated carbocycles. The summed E-state index contributed by atoms with van der Waals surface area (Å²) in [4.78, 5) is 2.37. The van der Waals surface area contributed by atoms with E-state index in [0.717, 1.165) is 26.2 Å². The molecule has 0 unspecified atom stereocenters. The second kappa shape index (κ2) is 12.4. The van der Waals surface area contributed by atoms with Gasteiger partial charge in [-0.3, -0.25) is 0 Å². The summed E-state index contributed by atoms with van der Waals surface area (Å²) in [5, 5.41) is 4.03. The fourth-order valence-corrected chi connectivity index (χ4v) is 3.29. The van der Waals surface area contributed by atoms with Crippen molar-refractivity contribution in [2.75, 3.05) is 33.2 Å². The van der Waals surface area contributed by atoms with E-state index in [9.17, 15) is 0 Å². The minimum absolute atomic E-state index is 0.271. The molecule has 0 aliphatic rings. The predicted octanol–water partition coefficient (Wildman–Crippen LogP) is 2.67. The number of nitrogens with zero attached hydrogens (tertiary/aromatic N) is 2. The van der Waals surface area contributed by atoms with Crippen molar-refractivity contribution >= 4 is 24.1 Å². The summed E-state index contributed by atoms with van der Waals surface area (Å²) < 4.78 is 2.90. The molecule has 2 nitrogen and oxygen atoms in total. The molecule has 22 heavy (non-hydrogen) atoms. The van der Waals surface area contributed by atoms with Crippen molar-refractivity contribution in [3.05, 3.63) is 66.0 Å². The van der Waals surface area contributed by atoms with E-state index in [1.54, 1.807) is 0 Å². The quantitative estimate of drug-likeness (QED) is 0.719. The van der Waals surface area contributed by atoms with Gasteiger partial charge in [-0.1, -0.05) is 13.8 Å². The second-order valence-electron chi connectivity index (χ2n) is 5.03. The third-order valence-electron chi connectivity index (χ3n) is 3.47. The van der Waals surface area contributed by atoms with Crippen molar-refractivity contribution in [3.63, 3.8) is 0 Å². The molecule has 0 heterocycles. The SMILES string of the molecule is CCN(CC)CC[N-]C.c1cc[c]([Al+][c]2ccccc2)cc1. The number of hydrogen-bond donors (Lipinski definition) is 0. The van der Waals surface area contributed by atoms with Gasteiger partial charge in [0.15, 0.2) is 0 Å². The molecule has 0 aliphatic carbocycles. The molecule has 116 valence electrons. The maximum atomic E-state index is 4.03. The van der Waals surface area contributed by atoms with Gasteiger partial charge in [-0.2, -0.15) is 7.05 Å². The molecule has 2 aromatic carbocycles. The van der Waals surface area contributed by atoms with Crippen molar-refractivity contribution in [1.29, 1.82) is 0 Å². The normalized spacial score (nSPS) is 9.82. The van der Waals surface area contributed by atoms with E-state index < -0.39 is 0 Å². The molecule has 0 radical (unpaired) electrons. The van der Waals surface area contributed by atoms with Crippen LogP contribution in [0.15, 0.2) is 60.7 Å². The van der Waals surface area contributed by atoms with Gasteiger partial charge in [0, 0.05) is 0 Å². The number of hydrogen-bond acceptors (Lipinski definition) is 1. The van der Waals surface area contributed by atoms with E-state index in [2.05, 4.69) is 84.7 Å². The van der Waals surface area contributed by atoms with Crippen LogP contribution in [0.1, 0.15) is 13.8 Å². The third kappa shape index (κ3) is 8.36. The van der Waals surface area contributed by atoms with Gasteiger partial charge in [0.1, 0.15) is 0 Å². The second-order valence-corrected chi connectivity index (χ2v) is 6.65. The molecule has 2 rings (SSSR count). The van der Waals surface area contributed by atoms with Crippen LogP contribution in [0.4, 0.5) is 0 Å². The maximum absolute atomic E-state index is 4.03. The molecule has 0 bridgehead atoms. The number of benzene rings is 2. The minimum atomic E-state index is 0.271. The average molecular weight is 310 g/mol. The topological polar surface area (TPSA) is 17.3 Å². The molecule has 0 saturated heterocycles. The number of rotatable bonds is 7. The summed E-state index contributed by atoms with van der Waals surface area (Å²) in [5.41, 5.74) is 0. The van der Waals surface area contributed by atoms with E-state index >= 15 is 0 Å². The molecule has 3 heteroatoms. The van der Waals surface area contributed by atoms with Crippen molar-refractivity contribution in [2.24, 2.45) is 0 Å². The van der Waals surface area contributed by atoms with Crippen LogP contribution in [0.2, 0.25) is 0 Å². The van der Waals surface area contributed by atoms with Crippen molar-refractivity contribution in [3.8, 4) is 0 Å². The van der Waals surface area contributed by atoms with E-state index in [-0.39, 0.29) is 15.2 Å². The zero-order valence-electron chi connectivity index (χ0n) is 14.1. The van der Waals surface area contributed by atoms with Gasteiger partial charge in [0.05, 0.1) is 0 Å². The van der Waals surface area contributed by atoms with Crippen LogP contribution < -0.4 is 8.85 Å². The van der Waals surface area contributed by atoms with Crippen LogP contribution >= 0.6 is 0 Å². The Balaban J connectivity index is 0.000000239. The molecule has 0 amide bonds. The van der Waals surface area contributed by atoms with Gasteiger partial charge in [0.25, 0.3) is 0 Å². The first kappa shape index (κ1) is 18.9. The monoisotopic (exact) mass is 310 g/mol. The van der Waals surface area contributed by atoms with E-state index in [4.69, 9.17) is 0 Å². The summed E-state index contributed by atoms with van der Waals surface area (Å²) in [5.74, 6) is 0. The van der Waals surface area contributed by atoms with Crippen molar-refractivity contribution in [1.82, 2.24) is 4.90 Å². The Morgan fingerprint density at radius 1 is 0.818 bits per heavy atom. The molecule has 0 aliphatic heterocycles. The summed E-state index contributed by atoms with van der Waals surface area (Å²) in [6.45, 7) is 8.74. The van der Waals surface area contributed by atoms with E-state index in [1.807, 2.05) is 7.05 Å². The van der Waals surface area contributed by atoms with Crippen LogP contribution in [-0.2, 0) is 0 Å². The average Bonchev–Trinajstić information content (AvgIpc) is 2.58. The zero-order chi connectivity index (χ0) is 16.0. The Kier molecular flexibility index (Phi) is 10.7. The first-order valence-corrected chi connectivity index (χ1v) is 9.18. The van der Waals surface area contributed by atoms with Crippen LogP contribution in [0.25, 0.3) is 5.32 Å². The summed E-state index contributed by atoms with van der Waals surface area (Å²) in [7, 11) is 1.86. The van der Waals surface area contributed by atoms with Crippen molar-refractivity contribution < 1.29 is 0 Å². The van der Waals surface area contributed by atoms with Gasteiger partial charge in [-0.05, 0) is 19.6 Å². The predicted molar refractivity (Wildman–Crippen MR) is 99.8 cm³/mol. The van der Waals surface area contributed by atoms with Crippen LogP contribution in [-0.4, -0.2) is 53.3 Å². The van der Waals surface area contributed by atoms with Crippen LogP contribution in [0.5, 0.6) is 0 Å². The Labute approximate surface area is 142 Å². The molecule has 0 N–H and O–H groups in total.